The summed E-state index contributed by atoms with van der Waals surface area (Å²) >= 11 is 0. The minimum atomic E-state index is -1.67. The Kier molecular flexibility index (Phi) is 4.51. The zero-order chi connectivity index (χ0) is 17.4. The number of hydrogen-bond acceptors (Lipinski definition) is 3. The summed E-state index contributed by atoms with van der Waals surface area (Å²) in [6, 6.07) is 2.92. The highest BCUT2D eigenvalue weighted by Gasteiger charge is 2.28. The topological polar surface area (TPSA) is 67.2 Å². The van der Waals surface area contributed by atoms with Crippen LogP contribution in [-0.4, -0.2) is 27.3 Å². The van der Waals surface area contributed by atoms with Crippen molar-refractivity contribution in [1.29, 1.82) is 0 Å². The first-order chi connectivity index (χ1) is 10.6. The maximum absolute atomic E-state index is 13.8. The molecule has 1 atom stereocenters. The molecule has 124 valence electrons. The lowest BCUT2D eigenvalue weighted by Crippen LogP contribution is -2.39. The highest BCUT2D eigenvalue weighted by Crippen LogP contribution is 2.24. The molecule has 0 saturated carbocycles. The first-order valence-corrected chi connectivity index (χ1v) is 7.10. The lowest BCUT2D eigenvalue weighted by atomic mass is 9.95. The van der Waals surface area contributed by atoms with E-state index >= 15 is 0 Å². The number of hydrogen-bond donors (Lipinski definition) is 2. The van der Waals surface area contributed by atoms with Crippen LogP contribution in [-0.2, 0) is 12.6 Å². The van der Waals surface area contributed by atoms with Gasteiger partial charge in [-0.1, -0.05) is 6.07 Å². The summed E-state index contributed by atoms with van der Waals surface area (Å²) in [4.78, 5) is 12.3. The van der Waals surface area contributed by atoms with Crippen LogP contribution < -0.4 is 5.32 Å². The maximum atomic E-state index is 13.8. The van der Waals surface area contributed by atoms with Crippen molar-refractivity contribution in [1.82, 2.24) is 15.1 Å². The molecule has 0 saturated heterocycles. The van der Waals surface area contributed by atoms with Crippen LogP contribution in [0.15, 0.2) is 18.2 Å². The molecular weight excluding hydrogens is 304 g/mol. The molecule has 2 N–H and O–H groups in total. The maximum Gasteiger partial charge on any atom is 0.255 e. The monoisotopic (exact) mass is 323 g/mol. The normalized spacial score (nSPS) is 13.7. The molecule has 2 rings (SSSR count). The van der Waals surface area contributed by atoms with Gasteiger partial charge in [-0.05, 0) is 26.8 Å². The molecule has 0 aliphatic rings. The molecule has 0 radical (unpaired) electrons. The number of nitrogens with zero attached hydrogens (tertiary/aromatic N) is 2. The number of halogens is 2. The minimum absolute atomic E-state index is 0.0844. The molecule has 2 aromatic rings. The van der Waals surface area contributed by atoms with Crippen molar-refractivity contribution in [2.75, 3.05) is 6.54 Å². The van der Waals surface area contributed by atoms with E-state index in [9.17, 15) is 18.7 Å². The van der Waals surface area contributed by atoms with Crippen molar-refractivity contribution < 1.29 is 18.7 Å². The molecule has 1 heterocycles. The Balaban J connectivity index is 2.17. The third-order valence-corrected chi connectivity index (χ3v) is 3.84. The van der Waals surface area contributed by atoms with Gasteiger partial charge in [0.25, 0.3) is 5.91 Å². The number of rotatable bonds is 4. The van der Waals surface area contributed by atoms with Crippen LogP contribution in [0.2, 0.25) is 0 Å². The highest BCUT2D eigenvalue weighted by molar-refractivity contribution is 5.96. The smallest absolute Gasteiger partial charge is 0.255 e. The molecule has 0 aliphatic heterocycles. The Morgan fingerprint density at radius 2 is 2.04 bits per heavy atom. The molecular formula is C16H19F2N3O2. The molecule has 1 aromatic heterocycles. The fourth-order valence-electron chi connectivity index (χ4n) is 2.46. The number of carbonyl (C=O) groups excluding carboxylic acids is 1. The zero-order valence-electron chi connectivity index (χ0n) is 13.4. The van der Waals surface area contributed by atoms with Gasteiger partial charge in [0.1, 0.15) is 17.2 Å². The van der Waals surface area contributed by atoms with E-state index in [4.69, 9.17) is 0 Å². The van der Waals surface area contributed by atoms with E-state index in [1.165, 1.54) is 6.92 Å². The van der Waals surface area contributed by atoms with Crippen LogP contribution in [0.1, 0.15) is 34.2 Å². The summed E-state index contributed by atoms with van der Waals surface area (Å²) in [7, 11) is 1.73. The SMILES string of the molecule is Cc1nn(C)c(C)c1C(=O)NC[C@](C)(O)c1ccc(F)cc1F. The third-order valence-electron chi connectivity index (χ3n) is 3.84. The molecule has 1 aromatic carbocycles. The van der Waals surface area contributed by atoms with Crippen molar-refractivity contribution in [3.63, 3.8) is 0 Å². The van der Waals surface area contributed by atoms with Crippen LogP contribution in [0.5, 0.6) is 0 Å². The fraction of sp³-hybridized carbons (Fsp3) is 0.375. The van der Waals surface area contributed by atoms with E-state index in [1.807, 2.05) is 0 Å². The summed E-state index contributed by atoms with van der Waals surface area (Å²) in [5, 5.41) is 17.1. The van der Waals surface area contributed by atoms with Crippen molar-refractivity contribution >= 4 is 5.91 Å². The second-order valence-electron chi connectivity index (χ2n) is 5.75. The molecule has 0 unspecified atom stereocenters. The standard InChI is InChI=1S/C16H19F2N3O2/c1-9-14(10(2)21(4)20-9)15(22)19-8-16(3,23)12-6-5-11(17)7-13(12)18/h5-7,23H,8H2,1-4H3,(H,19,22)/t16-/m0/s1. The Morgan fingerprint density at radius 3 is 2.57 bits per heavy atom. The van der Waals surface area contributed by atoms with Crippen molar-refractivity contribution in [2.24, 2.45) is 7.05 Å². The van der Waals surface area contributed by atoms with Crippen molar-refractivity contribution in [3.8, 4) is 0 Å². The summed E-state index contributed by atoms with van der Waals surface area (Å²) in [6.07, 6.45) is 0. The number of carbonyl (C=O) groups is 1. The van der Waals surface area contributed by atoms with Gasteiger partial charge in [-0.2, -0.15) is 5.10 Å². The average Bonchev–Trinajstić information content (AvgIpc) is 2.69. The average molecular weight is 323 g/mol. The molecule has 23 heavy (non-hydrogen) atoms. The summed E-state index contributed by atoms with van der Waals surface area (Å²) in [5.74, 6) is -2.00. The van der Waals surface area contributed by atoms with Crippen LogP contribution in [0.3, 0.4) is 0 Å². The number of aryl methyl sites for hydroxylation is 2. The number of nitrogens with one attached hydrogen (secondary N) is 1. The van der Waals surface area contributed by atoms with Gasteiger partial charge in [-0.3, -0.25) is 9.48 Å². The van der Waals surface area contributed by atoms with Crippen LogP contribution in [0.25, 0.3) is 0 Å². The molecule has 7 heteroatoms. The summed E-state index contributed by atoms with van der Waals surface area (Å²) in [5.41, 5.74) is -0.0818. The van der Waals surface area contributed by atoms with Gasteiger partial charge < -0.3 is 10.4 Å². The van der Waals surface area contributed by atoms with E-state index in [0.29, 0.717) is 23.0 Å². The quantitative estimate of drug-likeness (QED) is 0.904. The second kappa shape index (κ2) is 6.08. The predicted molar refractivity (Wildman–Crippen MR) is 80.9 cm³/mol. The van der Waals surface area contributed by atoms with E-state index in [-0.39, 0.29) is 12.1 Å². The molecule has 0 fully saturated rings. The van der Waals surface area contributed by atoms with E-state index < -0.39 is 23.1 Å². The largest absolute Gasteiger partial charge is 0.383 e. The Bertz CT molecular complexity index is 754. The van der Waals surface area contributed by atoms with Gasteiger partial charge in [-0.15, -0.1) is 0 Å². The Morgan fingerprint density at radius 1 is 1.39 bits per heavy atom. The third kappa shape index (κ3) is 3.39. The zero-order valence-corrected chi connectivity index (χ0v) is 13.4. The fourth-order valence-corrected chi connectivity index (χ4v) is 2.46. The minimum Gasteiger partial charge on any atom is -0.383 e. The molecule has 5 nitrogen and oxygen atoms in total. The predicted octanol–water partition coefficient (Wildman–Crippen LogP) is 1.95. The van der Waals surface area contributed by atoms with Gasteiger partial charge >= 0.3 is 0 Å². The number of aliphatic hydroxyl groups is 1. The number of aromatic nitrogens is 2. The van der Waals surface area contributed by atoms with E-state index in [0.717, 1.165) is 12.1 Å². The van der Waals surface area contributed by atoms with Crippen LogP contribution >= 0.6 is 0 Å². The van der Waals surface area contributed by atoms with E-state index in [2.05, 4.69) is 10.4 Å². The van der Waals surface area contributed by atoms with Crippen molar-refractivity contribution in [2.45, 2.75) is 26.4 Å². The second-order valence-corrected chi connectivity index (χ2v) is 5.75. The van der Waals surface area contributed by atoms with Crippen LogP contribution in [0.4, 0.5) is 8.78 Å². The van der Waals surface area contributed by atoms with Crippen LogP contribution in [0, 0.1) is 25.5 Å². The van der Waals surface area contributed by atoms with Gasteiger partial charge in [-0.25, -0.2) is 8.78 Å². The van der Waals surface area contributed by atoms with Gasteiger partial charge in [0.05, 0.1) is 17.8 Å². The Labute approximate surface area is 132 Å². The lowest BCUT2D eigenvalue weighted by molar-refractivity contribution is 0.0494. The van der Waals surface area contributed by atoms with Crippen molar-refractivity contribution in [3.05, 3.63) is 52.3 Å². The summed E-state index contributed by atoms with van der Waals surface area (Å²) < 4.78 is 28.3. The van der Waals surface area contributed by atoms with Gasteiger partial charge in [0, 0.05) is 24.4 Å². The molecule has 0 aliphatic carbocycles. The highest BCUT2D eigenvalue weighted by atomic mass is 19.1. The van der Waals surface area contributed by atoms with E-state index in [1.54, 1.807) is 25.6 Å². The first kappa shape index (κ1) is 17.1. The lowest BCUT2D eigenvalue weighted by Gasteiger charge is -2.24. The Hall–Kier alpha value is -2.28. The molecule has 1 amide bonds. The first-order valence-electron chi connectivity index (χ1n) is 7.10. The van der Waals surface area contributed by atoms with Gasteiger partial charge in [0.15, 0.2) is 0 Å². The molecule has 0 spiro atoms. The summed E-state index contributed by atoms with van der Waals surface area (Å²) in [6.45, 7) is 4.60. The van der Waals surface area contributed by atoms with Gasteiger partial charge in [0.2, 0.25) is 0 Å². The number of amides is 1. The number of benzene rings is 1. The molecule has 0 bridgehead atoms.